The molecule has 39 heavy (non-hydrogen) atoms. The Bertz CT molecular complexity index is 1640. The second-order valence-corrected chi connectivity index (χ2v) is 9.18. The third-order valence-corrected chi connectivity index (χ3v) is 6.74. The fraction of sp³-hybridized carbons (Fsp3) is 0. The molecule has 0 atom stereocenters. The Balaban J connectivity index is 1.40. The third kappa shape index (κ3) is 4.26. The van der Waals surface area contributed by atoms with Gasteiger partial charge < -0.3 is 4.42 Å². The van der Waals surface area contributed by atoms with Crippen LogP contribution in [0, 0.1) is 0 Å². The van der Waals surface area contributed by atoms with Crippen molar-refractivity contribution in [3.8, 4) is 0 Å². The lowest BCUT2D eigenvalue weighted by Gasteiger charge is -2.24. The summed E-state index contributed by atoms with van der Waals surface area (Å²) in [6.07, 6.45) is 3.64. The molecule has 0 saturated carbocycles. The molecule has 0 bridgehead atoms. The van der Waals surface area contributed by atoms with Crippen molar-refractivity contribution in [2.45, 2.75) is 0 Å². The summed E-state index contributed by atoms with van der Waals surface area (Å²) in [4.78, 5) is 13.6. The maximum atomic E-state index is 6.28. The summed E-state index contributed by atoms with van der Waals surface area (Å²) >= 11 is 0. The highest BCUT2D eigenvalue weighted by atomic mass is 16.3. The molecule has 0 saturated heterocycles. The smallest absolute Gasteiger partial charge is 0.137 e. The zero-order valence-electron chi connectivity index (χ0n) is 21.1. The number of rotatable bonds is 6. The van der Waals surface area contributed by atoms with Gasteiger partial charge in [0.15, 0.2) is 0 Å². The van der Waals surface area contributed by atoms with E-state index in [-0.39, 0.29) is 0 Å². The number of pyridine rings is 2. The molecule has 4 aromatic carbocycles. The van der Waals surface area contributed by atoms with E-state index in [0.717, 1.165) is 56.3 Å². The van der Waals surface area contributed by atoms with E-state index in [1.54, 1.807) is 0 Å². The average Bonchev–Trinajstić information content (AvgIpc) is 3.37. The zero-order valence-corrected chi connectivity index (χ0v) is 21.1. The number of nitrogens with zero attached hydrogens (tertiary/aromatic N) is 4. The summed E-state index contributed by atoms with van der Waals surface area (Å²) < 4.78 is 6.28. The lowest BCUT2D eigenvalue weighted by molar-refractivity contribution is 0.669. The minimum absolute atomic E-state index is 0.837. The molecule has 0 unspecified atom stereocenters. The van der Waals surface area contributed by atoms with Crippen LogP contribution in [0.2, 0.25) is 0 Å². The van der Waals surface area contributed by atoms with Crippen molar-refractivity contribution >= 4 is 56.3 Å². The van der Waals surface area contributed by atoms with E-state index in [0.29, 0.717) is 0 Å². The molecule has 3 aromatic heterocycles. The van der Waals surface area contributed by atoms with E-state index in [2.05, 4.69) is 68.3 Å². The first-order chi connectivity index (χ1) is 19.3. The molecular formula is C34H24N4O. The fourth-order valence-corrected chi connectivity index (χ4v) is 4.98. The Labute approximate surface area is 226 Å². The van der Waals surface area contributed by atoms with Gasteiger partial charge in [-0.15, -0.1) is 0 Å². The quantitative estimate of drug-likeness (QED) is 0.226. The first-order valence-electron chi connectivity index (χ1n) is 12.8. The summed E-state index contributed by atoms with van der Waals surface area (Å²) in [7, 11) is 0. The number of anilines is 6. The van der Waals surface area contributed by atoms with Crippen LogP contribution in [0.3, 0.4) is 0 Å². The van der Waals surface area contributed by atoms with Crippen LogP contribution in [0.4, 0.5) is 34.4 Å². The van der Waals surface area contributed by atoms with Crippen LogP contribution in [0.5, 0.6) is 0 Å². The maximum Gasteiger partial charge on any atom is 0.137 e. The third-order valence-electron chi connectivity index (χ3n) is 6.74. The summed E-state index contributed by atoms with van der Waals surface area (Å²) in [5, 5.41) is 2.07. The standard InChI is InChI=1S/C34H24N4O/c1-3-11-25(12-4-1)37(33-15-7-9-21-35-33)27-17-19-31-29(23-27)30-24-28(18-20-32(30)39-31)38(26-13-5-2-6-14-26)34-16-8-10-22-36-34/h1-24H. The van der Waals surface area contributed by atoms with Gasteiger partial charge in [-0.05, 0) is 84.9 Å². The molecule has 0 spiro atoms. The van der Waals surface area contributed by atoms with Gasteiger partial charge in [0.25, 0.3) is 0 Å². The van der Waals surface area contributed by atoms with Crippen LogP contribution in [0.15, 0.2) is 150 Å². The van der Waals surface area contributed by atoms with Gasteiger partial charge in [-0.3, -0.25) is 9.80 Å². The average molecular weight is 505 g/mol. The second-order valence-electron chi connectivity index (χ2n) is 9.18. The Kier molecular flexibility index (Phi) is 5.72. The van der Waals surface area contributed by atoms with Crippen molar-refractivity contribution in [1.29, 1.82) is 0 Å². The molecule has 7 rings (SSSR count). The van der Waals surface area contributed by atoms with Crippen LogP contribution >= 0.6 is 0 Å². The SMILES string of the molecule is c1ccc(N(c2ccc3oc4ccc(N(c5ccccc5)c5ccccn5)cc4c3c2)c2ccccn2)cc1. The first-order valence-corrected chi connectivity index (χ1v) is 12.8. The van der Waals surface area contributed by atoms with Crippen molar-refractivity contribution < 1.29 is 4.42 Å². The second kappa shape index (κ2) is 9.80. The minimum Gasteiger partial charge on any atom is -0.456 e. The number of aromatic nitrogens is 2. The molecule has 7 aromatic rings. The van der Waals surface area contributed by atoms with Gasteiger partial charge in [0.2, 0.25) is 0 Å². The van der Waals surface area contributed by atoms with Gasteiger partial charge in [0, 0.05) is 45.9 Å². The van der Waals surface area contributed by atoms with Crippen LogP contribution in [-0.4, -0.2) is 9.97 Å². The molecule has 3 heterocycles. The monoisotopic (exact) mass is 504 g/mol. The first kappa shape index (κ1) is 22.8. The van der Waals surface area contributed by atoms with Gasteiger partial charge >= 0.3 is 0 Å². The minimum atomic E-state index is 0.837. The molecule has 5 nitrogen and oxygen atoms in total. The lowest BCUT2D eigenvalue weighted by atomic mass is 10.1. The Hall–Kier alpha value is -5.42. The topological polar surface area (TPSA) is 45.4 Å². The number of fused-ring (bicyclic) bond motifs is 3. The van der Waals surface area contributed by atoms with E-state index in [9.17, 15) is 0 Å². The summed E-state index contributed by atoms with van der Waals surface area (Å²) in [6, 6.07) is 45.1. The van der Waals surface area contributed by atoms with E-state index in [1.807, 2.05) is 97.3 Å². The van der Waals surface area contributed by atoms with Gasteiger partial charge in [-0.25, -0.2) is 9.97 Å². The molecule has 0 amide bonds. The van der Waals surface area contributed by atoms with Crippen LogP contribution in [-0.2, 0) is 0 Å². The number of hydrogen-bond donors (Lipinski definition) is 0. The highest BCUT2D eigenvalue weighted by Crippen LogP contribution is 2.40. The molecular weight excluding hydrogens is 480 g/mol. The molecule has 0 aliphatic carbocycles. The van der Waals surface area contributed by atoms with Crippen LogP contribution in [0.1, 0.15) is 0 Å². The number of hydrogen-bond acceptors (Lipinski definition) is 5. The molecule has 186 valence electrons. The van der Waals surface area contributed by atoms with Crippen molar-refractivity contribution in [2.75, 3.05) is 9.80 Å². The van der Waals surface area contributed by atoms with Crippen molar-refractivity contribution in [3.05, 3.63) is 146 Å². The number of benzene rings is 4. The van der Waals surface area contributed by atoms with Gasteiger partial charge in [-0.2, -0.15) is 0 Å². The Morgan fingerprint density at radius 2 is 0.846 bits per heavy atom. The predicted octanol–water partition coefficient (Wildman–Crippen LogP) is 9.32. The molecule has 0 fully saturated rings. The summed E-state index contributed by atoms with van der Waals surface area (Å²) in [6.45, 7) is 0. The Morgan fingerprint density at radius 3 is 1.26 bits per heavy atom. The number of furan rings is 1. The zero-order chi connectivity index (χ0) is 26.0. The highest BCUT2D eigenvalue weighted by molar-refractivity contribution is 6.08. The van der Waals surface area contributed by atoms with Gasteiger partial charge in [0.05, 0.1) is 0 Å². The summed E-state index contributed by atoms with van der Waals surface area (Å²) in [5.74, 6) is 1.70. The molecule has 0 radical (unpaired) electrons. The number of para-hydroxylation sites is 2. The normalized spacial score (nSPS) is 11.1. The predicted molar refractivity (Wildman–Crippen MR) is 159 cm³/mol. The largest absolute Gasteiger partial charge is 0.456 e. The van der Waals surface area contributed by atoms with E-state index >= 15 is 0 Å². The highest BCUT2D eigenvalue weighted by Gasteiger charge is 2.18. The molecule has 5 heteroatoms. The molecule has 0 N–H and O–H groups in total. The van der Waals surface area contributed by atoms with Gasteiger partial charge in [0.1, 0.15) is 22.8 Å². The molecule has 0 aliphatic heterocycles. The van der Waals surface area contributed by atoms with Crippen LogP contribution in [0.25, 0.3) is 21.9 Å². The van der Waals surface area contributed by atoms with Crippen molar-refractivity contribution in [1.82, 2.24) is 9.97 Å². The van der Waals surface area contributed by atoms with E-state index < -0.39 is 0 Å². The summed E-state index contributed by atoms with van der Waals surface area (Å²) in [5.41, 5.74) is 5.76. The van der Waals surface area contributed by atoms with Crippen molar-refractivity contribution in [2.24, 2.45) is 0 Å². The van der Waals surface area contributed by atoms with E-state index in [4.69, 9.17) is 4.42 Å². The van der Waals surface area contributed by atoms with Crippen LogP contribution < -0.4 is 9.80 Å². The fourth-order valence-electron chi connectivity index (χ4n) is 4.98. The molecule has 0 aliphatic rings. The lowest BCUT2D eigenvalue weighted by Crippen LogP contribution is -2.11. The maximum absolute atomic E-state index is 6.28. The Morgan fingerprint density at radius 1 is 0.410 bits per heavy atom. The van der Waals surface area contributed by atoms with Crippen molar-refractivity contribution in [3.63, 3.8) is 0 Å². The van der Waals surface area contributed by atoms with E-state index in [1.165, 1.54) is 0 Å². The van der Waals surface area contributed by atoms with Gasteiger partial charge in [-0.1, -0.05) is 48.5 Å².